The molecule has 0 aliphatic heterocycles. The predicted molar refractivity (Wildman–Crippen MR) is 86.0 cm³/mol. The summed E-state index contributed by atoms with van der Waals surface area (Å²) in [5.74, 6) is -0.0674. The number of hydrogen-bond donors (Lipinski definition) is 1. The first-order valence-corrected chi connectivity index (χ1v) is 7.78. The number of rotatable bonds is 4. The van der Waals surface area contributed by atoms with Crippen LogP contribution < -0.4 is 5.56 Å². The third-order valence-corrected chi connectivity index (χ3v) is 4.07. The molecule has 2 aromatic heterocycles. The topological polar surface area (TPSA) is 72.0 Å². The van der Waals surface area contributed by atoms with Crippen LogP contribution in [0.3, 0.4) is 0 Å². The fraction of sp³-hybridized carbons (Fsp3) is 0.188. The minimum absolute atomic E-state index is 0.0302. The van der Waals surface area contributed by atoms with Crippen molar-refractivity contribution in [1.29, 1.82) is 0 Å². The van der Waals surface area contributed by atoms with Gasteiger partial charge < -0.3 is 9.72 Å². The first kappa shape index (κ1) is 14.5. The Kier molecular flexibility index (Phi) is 4.02. The molecule has 0 unspecified atom stereocenters. The number of esters is 1. The molecule has 0 aliphatic carbocycles. The number of nitrogens with one attached hydrogen (secondary N) is 1. The number of aromatic amines is 1. The number of nitrogens with zero attached hydrogens (tertiary/aromatic N) is 1. The van der Waals surface area contributed by atoms with Crippen LogP contribution in [0.15, 0.2) is 40.5 Å². The molecule has 0 spiro atoms. The zero-order chi connectivity index (χ0) is 15.5. The minimum atomic E-state index is -0.398. The van der Waals surface area contributed by atoms with Gasteiger partial charge in [0.05, 0.1) is 12.0 Å². The maximum absolute atomic E-state index is 12.4. The lowest BCUT2D eigenvalue weighted by Crippen LogP contribution is -2.16. The predicted octanol–water partition coefficient (Wildman–Crippen LogP) is 2.76. The smallest absolute Gasteiger partial charge is 0.313 e. The second-order valence-corrected chi connectivity index (χ2v) is 5.55. The van der Waals surface area contributed by atoms with Gasteiger partial charge in [0.25, 0.3) is 5.56 Å². The van der Waals surface area contributed by atoms with Gasteiger partial charge in [0.2, 0.25) is 0 Å². The quantitative estimate of drug-likeness (QED) is 0.752. The molecule has 112 valence electrons. The average Bonchev–Trinajstić information content (AvgIpc) is 2.92. The molecule has 3 rings (SSSR count). The Morgan fingerprint density at radius 2 is 2.09 bits per heavy atom. The van der Waals surface area contributed by atoms with Crippen LogP contribution in [-0.4, -0.2) is 22.5 Å². The van der Waals surface area contributed by atoms with Crippen molar-refractivity contribution in [3.8, 4) is 11.1 Å². The molecule has 22 heavy (non-hydrogen) atoms. The lowest BCUT2D eigenvalue weighted by Gasteiger charge is -2.02. The van der Waals surface area contributed by atoms with Crippen LogP contribution in [0.1, 0.15) is 12.7 Å². The number of fused-ring (bicyclic) bond motifs is 1. The molecular formula is C16H14N2O3S. The second-order valence-electron chi connectivity index (χ2n) is 4.69. The highest BCUT2D eigenvalue weighted by molar-refractivity contribution is 7.17. The summed E-state index contributed by atoms with van der Waals surface area (Å²) in [5, 5.41) is 2.47. The van der Waals surface area contributed by atoms with Crippen LogP contribution in [0.25, 0.3) is 21.3 Å². The maximum Gasteiger partial charge on any atom is 0.313 e. The lowest BCUT2D eigenvalue weighted by molar-refractivity contribution is -0.142. The van der Waals surface area contributed by atoms with Crippen LogP contribution in [0.4, 0.5) is 0 Å². The number of carbonyl (C=O) groups excluding carboxylic acids is 1. The van der Waals surface area contributed by atoms with Crippen LogP contribution in [0, 0.1) is 0 Å². The van der Waals surface area contributed by atoms with E-state index >= 15 is 0 Å². The SMILES string of the molecule is CCOC(=O)Cc1nc2scc(-c3ccccc3)c2c(=O)[nH]1. The highest BCUT2D eigenvalue weighted by Crippen LogP contribution is 2.30. The Bertz CT molecular complexity index is 868. The third-order valence-electron chi connectivity index (χ3n) is 3.19. The van der Waals surface area contributed by atoms with Crippen molar-refractivity contribution in [1.82, 2.24) is 9.97 Å². The minimum Gasteiger partial charge on any atom is -0.466 e. The molecule has 3 aromatic rings. The number of ether oxygens (including phenoxy) is 1. The Hall–Kier alpha value is -2.47. The number of hydrogen-bond acceptors (Lipinski definition) is 5. The molecule has 1 N–H and O–H groups in total. The Morgan fingerprint density at radius 3 is 2.82 bits per heavy atom. The standard InChI is InChI=1S/C16H14N2O3S/c1-2-21-13(19)8-12-17-15(20)14-11(9-22-16(14)18-12)10-6-4-3-5-7-10/h3-7,9H,2,8H2,1H3,(H,17,18,20). The van der Waals surface area contributed by atoms with Gasteiger partial charge in [-0.3, -0.25) is 9.59 Å². The van der Waals surface area contributed by atoms with Crippen LogP contribution in [0.5, 0.6) is 0 Å². The monoisotopic (exact) mass is 314 g/mol. The molecule has 6 heteroatoms. The van der Waals surface area contributed by atoms with Crippen molar-refractivity contribution in [3.05, 3.63) is 51.9 Å². The van der Waals surface area contributed by atoms with Crippen molar-refractivity contribution in [3.63, 3.8) is 0 Å². The van der Waals surface area contributed by atoms with Gasteiger partial charge in [0, 0.05) is 10.9 Å². The fourth-order valence-electron chi connectivity index (χ4n) is 2.26. The molecule has 0 saturated carbocycles. The van der Waals surface area contributed by atoms with Crippen LogP contribution in [-0.2, 0) is 16.0 Å². The molecule has 5 nitrogen and oxygen atoms in total. The summed E-state index contributed by atoms with van der Waals surface area (Å²) in [6.45, 7) is 2.05. The van der Waals surface area contributed by atoms with Gasteiger partial charge in [0.1, 0.15) is 17.1 Å². The number of aromatic nitrogens is 2. The van der Waals surface area contributed by atoms with Crippen molar-refractivity contribution < 1.29 is 9.53 Å². The molecule has 2 heterocycles. The zero-order valence-corrected chi connectivity index (χ0v) is 12.8. The lowest BCUT2D eigenvalue weighted by atomic mass is 10.1. The van der Waals surface area contributed by atoms with Gasteiger partial charge in [-0.15, -0.1) is 11.3 Å². The summed E-state index contributed by atoms with van der Waals surface area (Å²) in [6.07, 6.45) is -0.0302. The van der Waals surface area contributed by atoms with E-state index in [1.807, 2.05) is 35.7 Å². The Balaban J connectivity index is 2.04. The molecule has 0 radical (unpaired) electrons. The molecule has 0 atom stereocenters. The van der Waals surface area contributed by atoms with E-state index in [4.69, 9.17) is 4.74 Å². The van der Waals surface area contributed by atoms with E-state index in [1.54, 1.807) is 6.92 Å². The van der Waals surface area contributed by atoms with E-state index in [-0.39, 0.29) is 12.0 Å². The first-order valence-electron chi connectivity index (χ1n) is 6.90. The summed E-state index contributed by atoms with van der Waals surface area (Å²) >= 11 is 1.39. The summed E-state index contributed by atoms with van der Waals surface area (Å²) in [5.41, 5.74) is 1.60. The molecule has 0 saturated heterocycles. The van der Waals surface area contributed by atoms with E-state index in [0.717, 1.165) is 11.1 Å². The first-order chi connectivity index (χ1) is 10.7. The largest absolute Gasteiger partial charge is 0.466 e. The fourth-order valence-corrected chi connectivity index (χ4v) is 3.22. The van der Waals surface area contributed by atoms with Gasteiger partial charge in [-0.1, -0.05) is 30.3 Å². The van der Waals surface area contributed by atoms with Crippen molar-refractivity contribution in [2.24, 2.45) is 0 Å². The number of thiophene rings is 1. The molecular weight excluding hydrogens is 300 g/mol. The van der Waals surface area contributed by atoms with Gasteiger partial charge >= 0.3 is 5.97 Å². The second kappa shape index (κ2) is 6.11. The Labute approximate surface area is 130 Å². The van der Waals surface area contributed by atoms with Crippen LogP contribution >= 0.6 is 11.3 Å². The normalized spacial score (nSPS) is 10.8. The van der Waals surface area contributed by atoms with E-state index in [2.05, 4.69) is 9.97 Å². The van der Waals surface area contributed by atoms with E-state index in [9.17, 15) is 9.59 Å². The zero-order valence-electron chi connectivity index (χ0n) is 12.0. The highest BCUT2D eigenvalue weighted by atomic mass is 32.1. The van der Waals surface area contributed by atoms with Crippen molar-refractivity contribution >= 4 is 27.5 Å². The molecule has 0 fully saturated rings. The van der Waals surface area contributed by atoms with Gasteiger partial charge in [0.15, 0.2) is 0 Å². The van der Waals surface area contributed by atoms with Crippen LogP contribution in [0.2, 0.25) is 0 Å². The summed E-state index contributed by atoms with van der Waals surface area (Å²) in [6, 6.07) is 9.68. The maximum atomic E-state index is 12.4. The number of carbonyl (C=O) groups is 1. The van der Waals surface area contributed by atoms with Gasteiger partial charge in [-0.05, 0) is 12.5 Å². The molecule has 0 aliphatic rings. The van der Waals surface area contributed by atoms with E-state index in [0.29, 0.717) is 22.6 Å². The van der Waals surface area contributed by atoms with Crippen molar-refractivity contribution in [2.45, 2.75) is 13.3 Å². The highest BCUT2D eigenvalue weighted by Gasteiger charge is 2.14. The molecule has 0 amide bonds. The summed E-state index contributed by atoms with van der Waals surface area (Å²) in [4.78, 5) is 31.5. The number of benzene rings is 1. The van der Waals surface area contributed by atoms with Gasteiger partial charge in [-0.25, -0.2) is 4.98 Å². The summed E-state index contributed by atoms with van der Waals surface area (Å²) in [7, 11) is 0. The molecule has 1 aromatic carbocycles. The van der Waals surface area contributed by atoms with Crippen molar-refractivity contribution in [2.75, 3.05) is 6.61 Å². The van der Waals surface area contributed by atoms with E-state index < -0.39 is 5.97 Å². The van der Waals surface area contributed by atoms with E-state index in [1.165, 1.54) is 11.3 Å². The van der Waals surface area contributed by atoms with Gasteiger partial charge in [-0.2, -0.15) is 0 Å². The Morgan fingerprint density at radius 1 is 1.32 bits per heavy atom. The molecule has 0 bridgehead atoms. The number of H-pyrrole nitrogens is 1. The third kappa shape index (κ3) is 2.78. The average molecular weight is 314 g/mol. The summed E-state index contributed by atoms with van der Waals surface area (Å²) < 4.78 is 4.87.